The number of pyridine rings is 2. The van der Waals surface area contributed by atoms with Crippen LogP contribution in [0.15, 0.2) is 35.6 Å². The summed E-state index contributed by atoms with van der Waals surface area (Å²) in [5, 5.41) is 0.186. The van der Waals surface area contributed by atoms with Crippen molar-refractivity contribution in [2.75, 3.05) is 25.6 Å². The molecule has 0 amide bonds. The van der Waals surface area contributed by atoms with Crippen molar-refractivity contribution in [2.45, 2.75) is 17.9 Å². The molecule has 8 nitrogen and oxygen atoms in total. The van der Waals surface area contributed by atoms with Gasteiger partial charge in [-0.3, -0.25) is 4.98 Å². The average Bonchev–Trinajstić information content (AvgIpc) is 3.14. The van der Waals surface area contributed by atoms with Crippen molar-refractivity contribution < 1.29 is 17.9 Å². The van der Waals surface area contributed by atoms with E-state index >= 15 is 0 Å². The molecule has 1 fully saturated rings. The fraction of sp³-hybridized carbons (Fsp3) is 0.375. The number of halogens is 1. The van der Waals surface area contributed by atoms with Gasteiger partial charge in [0.15, 0.2) is 0 Å². The first kappa shape index (κ1) is 18.8. The summed E-state index contributed by atoms with van der Waals surface area (Å²) in [6, 6.07) is 2.96. The molecule has 1 saturated heterocycles. The summed E-state index contributed by atoms with van der Waals surface area (Å²) >= 11 is 5.82. The molecular weight excluding hydrogens is 380 g/mol. The molecule has 0 saturated carbocycles. The standard InChI is InChI=1S/C16H19ClN4O4S/c17-13-5-15(16(18)20-7-13)26(22,23)21-6-12-1-3-19-8-14(12)25-10-11-2-4-24-9-11/h1,3,5,7-8,11,21H,2,4,6,9-10H2,(H2,18,20). The number of aromatic nitrogens is 2. The second-order valence-electron chi connectivity index (χ2n) is 5.89. The number of anilines is 1. The summed E-state index contributed by atoms with van der Waals surface area (Å²) in [4.78, 5) is 7.65. The van der Waals surface area contributed by atoms with E-state index in [-0.39, 0.29) is 22.3 Å². The van der Waals surface area contributed by atoms with Gasteiger partial charge in [0.05, 0.1) is 24.4 Å². The topological polar surface area (TPSA) is 116 Å². The first-order chi connectivity index (χ1) is 12.5. The number of rotatable bonds is 7. The van der Waals surface area contributed by atoms with Crippen molar-refractivity contribution in [3.63, 3.8) is 0 Å². The van der Waals surface area contributed by atoms with E-state index in [2.05, 4.69) is 14.7 Å². The number of nitrogens with zero attached hydrogens (tertiary/aromatic N) is 2. The summed E-state index contributed by atoms with van der Waals surface area (Å²) in [6.07, 6.45) is 5.37. The van der Waals surface area contributed by atoms with E-state index in [1.54, 1.807) is 18.5 Å². The number of nitrogen functional groups attached to an aromatic ring is 1. The Morgan fingerprint density at radius 2 is 2.27 bits per heavy atom. The van der Waals surface area contributed by atoms with Crippen LogP contribution in [0.4, 0.5) is 5.82 Å². The van der Waals surface area contributed by atoms with Gasteiger partial charge in [-0.1, -0.05) is 11.6 Å². The van der Waals surface area contributed by atoms with Crippen molar-refractivity contribution in [1.29, 1.82) is 0 Å². The fourth-order valence-corrected chi connectivity index (χ4v) is 3.84. The molecule has 3 rings (SSSR count). The van der Waals surface area contributed by atoms with E-state index in [9.17, 15) is 8.42 Å². The van der Waals surface area contributed by atoms with Crippen molar-refractivity contribution in [1.82, 2.24) is 14.7 Å². The first-order valence-corrected chi connectivity index (χ1v) is 9.86. The molecule has 0 spiro atoms. The summed E-state index contributed by atoms with van der Waals surface area (Å²) in [5.41, 5.74) is 6.32. The Bertz CT molecular complexity index is 872. The third-order valence-corrected chi connectivity index (χ3v) is 5.60. The number of hydrogen-bond donors (Lipinski definition) is 2. The maximum atomic E-state index is 12.5. The molecule has 140 valence electrons. The molecule has 2 aromatic rings. The van der Waals surface area contributed by atoms with Gasteiger partial charge in [0, 0.05) is 37.0 Å². The predicted octanol–water partition coefficient (Wildman–Crippen LogP) is 1.61. The number of sulfonamides is 1. The normalized spacial score (nSPS) is 17.3. The van der Waals surface area contributed by atoms with Crippen molar-refractivity contribution >= 4 is 27.4 Å². The van der Waals surface area contributed by atoms with Crippen LogP contribution in [0.25, 0.3) is 0 Å². The van der Waals surface area contributed by atoms with Crippen LogP contribution in [-0.4, -0.2) is 38.2 Å². The molecule has 1 unspecified atom stereocenters. The van der Waals surface area contributed by atoms with Gasteiger partial charge < -0.3 is 15.2 Å². The molecule has 26 heavy (non-hydrogen) atoms. The zero-order valence-electron chi connectivity index (χ0n) is 13.9. The third kappa shape index (κ3) is 4.61. The molecule has 0 aliphatic carbocycles. The Morgan fingerprint density at radius 1 is 1.42 bits per heavy atom. The highest BCUT2D eigenvalue weighted by Gasteiger charge is 2.20. The largest absolute Gasteiger partial charge is 0.491 e. The minimum Gasteiger partial charge on any atom is -0.491 e. The molecule has 2 aromatic heterocycles. The summed E-state index contributed by atoms with van der Waals surface area (Å²) in [5.74, 6) is 0.741. The molecular formula is C16H19ClN4O4S. The van der Waals surface area contributed by atoms with Gasteiger partial charge in [0.25, 0.3) is 0 Å². The number of ether oxygens (including phenoxy) is 2. The van der Waals surface area contributed by atoms with Gasteiger partial charge in [-0.25, -0.2) is 18.1 Å². The molecule has 3 heterocycles. The minimum absolute atomic E-state index is 0.0211. The minimum atomic E-state index is -3.88. The van der Waals surface area contributed by atoms with Gasteiger partial charge >= 0.3 is 0 Å². The van der Waals surface area contributed by atoms with Crippen LogP contribution < -0.4 is 15.2 Å². The van der Waals surface area contributed by atoms with Gasteiger partial charge in [-0.15, -0.1) is 0 Å². The number of hydrogen-bond acceptors (Lipinski definition) is 7. The van der Waals surface area contributed by atoms with Crippen LogP contribution in [0.5, 0.6) is 5.75 Å². The van der Waals surface area contributed by atoms with Crippen molar-refractivity contribution in [3.05, 3.63) is 41.3 Å². The second kappa shape index (κ2) is 8.17. The Morgan fingerprint density at radius 3 is 3.04 bits per heavy atom. The molecule has 0 radical (unpaired) electrons. The Balaban J connectivity index is 1.69. The van der Waals surface area contributed by atoms with E-state index in [0.717, 1.165) is 13.0 Å². The van der Waals surface area contributed by atoms with Crippen LogP contribution in [-0.2, 0) is 21.3 Å². The average molecular weight is 399 g/mol. The molecule has 1 aliphatic heterocycles. The molecule has 0 aromatic carbocycles. The third-order valence-electron chi connectivity index (χ3n) is 3.96. The highest BCUT2D eigenvalue weighted by Crippen LogP contribution is 2.23. The van der Waals surface area contributed by atoms with E-state index in [0.29, 0.717) is 30.4 Å². The predicted molar refractivity (Wildman–Crippen MR) is 96.3 cm³/mol. The smallest absolute Gasteiger partial charge is 0.244 e. The second-order valence-corrected chi connectivity index (χ2v) is 8.06. The summed E-state index contributed by atoms with van der Waals surface area (Å²) in [7, 11) is -3.88. The quantitative estimate of drug-likeness (QED) is 0.727. The molecule has 1 atom stereocenters. The van der Waals surface area contributed by atoms with Crippen LogP contribution >= 0.6 is 11.6 Å². The highest BCUT2D eigenvalue weighted by atomic mass is 35.5. The van der Waals surface area contributed by atoms with Crippen molar-refractivity contribution in [3.8, 4) is 5.75 Å². The van der Waals surface area contributed by atoms with Gasteiger partial charge in [0.1, 0.15) is 16.5 Å². The lowest BCUT2D eigenvalue weighted by Gasteiger charge is -2.14. The summed E-state index contributed by atoms with van der Waals surface area (Å²) < 4.78 is 38.6. The van der Waals surface area contributed by atoms with Crippen LogP contribution in [0, 0.1) is 5.92 Å². The lowest BCUT2D eigenvalue weighted by molar-refractivity contribution is 0.166. The monoisotopic (exact) mass is 398 g/mol. The fourth-order valence-electron chi connectivity index (χ4n) is 2.50. The van der Waals surface area contributed by atoms with E-state index in [4.69, 9.17) is 26.8 Å². The van der Waals surface area contributed by atoms with E-state index in [1.807, 2.05) is 0 Å². The lowest BCUT2D eigenvalue weighted by Crippen LogP contribution is -2.25. The first-order valence-electron chi connectivity index (χ1n) is 8.00. The van der Waals surface area contributed by atoms with Gasteiger partial charge in [0.2, 0.25) is 10.0 Å². The molecule has 10 heteroatoms. The molecule has 0 bridgehead atoms. The number of nitrogens with one attached hydrogen (secondary N) is 1. The zero-order chi connectivity index (χ0) is 18.6. The number of nitrogens with two attached hydrogens (primary N) is 1. The Hall–Kier alpha value is -1.94. The van der Waals surface area contributed by atoms with Gasteiger partial charge in [-0.2, -0.15) is 0 Å². The maximum absolute atomic E-state index is 12.5. The van der Waals surface area contributed by atoms with Crippen LogP contribution in [0.1, 0.15) is 12.0 Å². The zero-order valence-corrected chi connectivity index (χ0v) is 15.5. The highest BCUT2D eigenvalue weighted by molar-refractivity contribution is 7.89. The van der Waals surface area contributed by atoms with E-state index in [1.165, 1.54) is 12.3 Å². The van der Waals surface area contributed by atoms with Crippen molar-refractivity contribution in [2.24, 2.45) is 5.92 Å². The van der Waals surface area contributed by atoms with Gasteiger partial charge in [-0.05, 0) is 18.6 Å². The Labute approximate surface area is 156 Å². The summed E-state index contributed by atoms with van der Waals surface area (Å²) in [6.45, 7) is 1.93. The maximum Gasteiger partial charge on any atom is 0.244 e. The molecule has 1 aliphatic rings. The lowest BCUT2D eigenvalue weighted by atomic mass is 10.1. The molecule has 3 N–H and O–H groups in total. The SMILES string of the molecule is Nc1ncc(Cl)cc1S(=O)(=O)NCc1ccncc1OCC1CCOC1. The van der Waals surface area contributed by atoms with Crippen LogP contribution in [0.3, 0.4) is 0 Å². The Kier molecular flexibility index (Phi) is 5.92. The van der Waals surface area contributed by atoms with E-state index < -0.39 is 10.0 Å². The van der Waals surface area contributed by atoms with Crippen LogP contribution in [0.2, 0.25) is 5.02 Å².